The first kappa shape index (κ1) is 20.1. The van der Waals surface area contributed by atoms with Crippen LogP contribution in [0.25, 0.3) is 0 Å². The van der Waals surface area contributed by atoms with E-state index in [2.05, 4.69) is 20.8 Å². The molecule has 3 rings (SSSR count). The maximum atomic E-state index is 12.4. The zero-order chi connectivity index (χ0) is 19.4. The van der Waals surface area contributed by atoms with Crippen LogP contribution < -0.4 is 10.6 Å². The van der Waals surface area contributed by atoms with Gasteiger partial charge in [-0.05, 0) is 38.7 Å². The van der Waals surface area contributed by atoms with E-state index in [1.807, 2.05) is 13.8 Å². The molecule has 0 bridgehead atoms. The number of thiophene rings is 1. The van der Waals surface area contributed by atoms with Crippen molar-refractivity contribution in [2.45, 2.75) is 50.4 Å². The van der Waals surface area contributed by atoms with Crippen LogP contribution in [0.5, 0.6) is 0 Å². The van der Waals surface area contributed by atoms with E-state index in [1.54, 1.807) is 6.92 Å². The highest BCUT2D eigenvalue weighted by Gasteiger charge is 2.24. The fourth-order valence-corrected chi connectivity index (χ4v) is 5.31. The second kappa shape index (κ2) is 9.03. The van der Waals surface area contributed by atoms with Crippen molar-refractivity contribution in [3.8, 4) is 0 Å². The fraction of sp³-hybridized carbons (Fsp3) is 0.529. The molecule has 1 amide bonds. The highest BCUT2D eigenvalue weighted by Crippen LogP contribution is 2.35. The highest BCUT2D eigenvalue weighted by atomic mass is 32.2. The molecule has 1 aliphatic rings. The molecule has 0 aromatic carbocycles. The van der Waals surface area contributed by atoms with Gasteiger partial charge in [-0.1, -0.05) is 30.0 Å². The van der Waals surface area contributed by atoms with Crippen LogP contribution in [0.2, 0.25) is 0 Å². The van der Waals surface area contributed by atoms with Crippen molar-refractivity contribution >= 4 is 56.4 Å². The fourth-order valence-electron chi connectivity index (χ4n) is 2.53. The van der Waals surface area contributed by atoms with Gasteiger partial charge < -0.3 is 15.4 Å². The Labute approximate surface area is 170 Å². The quantitative estimate of drug-likeness (QED) is 0.463. The summed E-state index contributed by atoms with van der Waals surface area (Å²) in [5, 5.41) is 15.7. The van der Waals surface area contributed by atoms with E-state index in [0.717, 1.165) is 19.9 Å². The molecule has 1 fully saturated rings. The topological polar surface area (TPSA) is 93.2 Å². The smallest absolute Gasteiger partial charge is 0.341 e. The molecular formula is C17H22N4O3S3. The van der Waals surface area contributed by atoms with Crippen LogP contribution in [0.3, 0.4) is 0 Å². The molecule has 2 heterocycles. The number of anilines is 2. The van der Waals surface area contributed by atoms with E-state index in [0.29, 0.717) is 29.6 Å². The SMILES string of the molecule is CCOC(=O)c1c(NC(=O)CSc2nnc(NC3CC3)s2)sc(C)c1CC. The van der Waals surface area contributed by atoms with Crippen molar-refractivity contribution in [1.29, 1.82) is 0 Å². The number of aromatic nitrogens is 2. The minimum absolute atomic E-state index is 0.179. The molecular weight excluding hydrogens is 404 g/mol. The molecule has 0 radical (unpaired) electrons. The number of rotatable bonds is 9. The van der Waals surface area contributed by atoms with Crippen LogP contribution in [-0.2, 0) is 16.0 Å². The van der Waals surface area contributed by atoms with E-state index in [1.165, 1.54) is 47.3 Å². The average Bonchev–Trinajstić information content (AvgIpc) is 3.23. The third-order valence-electron chi connectivity index (χ3n) is 3.93. The number of hydrogen-bond acceptors (Lipinski definition) is 9. The maximum Gasteiger partial charge on any atom is 0.341 e. The predicted octanol–water partition coefficient (Wildman–Crippen LogP) is 3.95. The van der Waals surface area contributed by atoms with Gasteiger partial charge in [-0.3, -0.25) is 4.79 Å². The molecule has 7 nitrogen and oxygen atoms in total. The Hall–Kier alpha value is -1.65. The molecule has 1 aliphatic carbocycles. The lowest BCUT2D eigenvalue weighted by Gasteiger charge is -2.07. The molecule has 0 atom stereocenters. The molecule has 2 aromatic rings. The van der Waals surface area contributed by atoms with Crippen molar-refractivity contribution in [3.63, 3.8) is 0 Å². The second-order valence-corrected chi connectivity index (χ2v) is 9.47. The molecule has 27 heavy (non-hydrogen) atoms. The number of ether oxygens (including phenoxy) is 1. The molecule has 0 unspecified atom stereocenters. The molecule has 0 spiro atoms. The van der Waals surface area contributed by atoms with Crippen LogP contribution >= 0.6 is 34.4 Å². The van der Waals surface area contributed by atoms with Crippen molar-refractivity contribution < 1.29 is 14.3 Å². The summed E-state index contributed by atoms with van der Waals surface area (Å²) in [5.74, 6) is -0.360. The number of carbonyl (C=O) groups is 2. The lowest BCUT2D eigenvalue weighted by molar-refractivity contribution is -0.113. The predicted molar refractivity (Wildman–Crippen MR) is 110 cm³/mol. The summed E-state index contributed by atoms with van der Waals surface area (Å²) in [6.45, 7) is 6.01. The Morgan fingerprint density at radius 1 is 1.26 bits per heavy atom. The summed E-state index contributed by atoms with van der Waals surface area (Å²) in [7, 11) is 0. The third-order valence-corrected chi connectivity index (χ3v) is 6.98. The van der Waals surface area contributed by atoms with Crippen molar-refractivity contribution in [1.82, 2.24) is 10.2 Å². The first-order chi connectivity index (χ1) is 13.0. The summed E-state index contributed by atoms with van der Waals surface area (Å²) in [6.07, 6.45) is 3.06. The van der Waals surface area contributed by atoms with Gasteiger partial charge in [0, 0.05) is 10.9 Å². The zero-order valence-electron chi connectivity index (χ0n) is 15.5. The third kappa shape index (κ3) is 5.20. The van der Waals surface area contributed by atoms with Crippen LogP contribution in [0.15, 0.2) is 4.34 Å². The number of nitrogens with one attached hydrogen (secondary N) is 2. The standard InChI is InChI=1S/C17H22N4O3S3/c1-4-11-9(3)26-14(13(11)15(23)24-5-2)19-12(22)8-25-17-21-20-16(27-17)18-10-6-7-10/h10H,4-8H2,1-3H3,(H,18,20)(H,19,22). The number of thioether (sulfide) groups is 1. The molecule has 1 saturated carbocycles. The first-order valence-corrected chi connectivity index (χ1v) is 11.5. The highest BCUT2D eigenvalue weighted by molar-refractivity contribution is 8.01. The minimum atomic E-state index is -0.387. The van der Waals surface area contributed by atoms with E-state index < -0.39 is 0 Å². The van der Waals surface area contributed by atoms with E-state index in [9.17, 15) is 9.59 Å². The van der Waals surface area contributed by atoms with Gasteiger partial charge in [-0.25, -0.2) is 4.79 Å². The molecule has 0 aliphatic heterocycles. The van der Waals surface area contributed by atoms with E-state index in [-0.39, 0.29) is 17.6 Å². The summed E-state index contributed by atoms with van der Waals surface area (Å²) in [6, 6.07) is 0.523. The number of amides is 1. The van der Waals surface area contributed by atoms with Gasteiger partial charge >= 0.3 is 5.97 Å². The van der Waals surface area contributed by atoms with E-state index in [4.69, 9.17) is 4.74 Å². The Balaban J connectivity index is 1.61. The number of carbonyl (C=O) groups excluding carboxylic acids is 2. The van der Waals surface area contributed by atoms with Gasteiger partial charge in [0.1, 0.15) is 5.00 Å². The lowest BCUT2D eigenvalue weighted by atomic mass is 10.1. The monoisotopic (exact) mass is 426 g/mol. The van der Waals surface area contributed by atoms with Crippen LogP contribution in [0, 0.1) is 6.92 Å². The van der Waals surface area contributed by atoms with Gasteiger partial charge in [0.15, 0.2) is 4.34 Å². The molecule has 2 aromatic heterocycles. The van der Waals surface area contributed by atoms with Crippen LogP contribution in [-0.4, -0.2) is 40.5 Å². The summed E-state index contributed by atoms with van der Waals surface area (Å²) in [5.41, 5.74) is 1.41. The average molecular weight is 427 g/mol. The molecule has 146 valence electrons. The number of nitrogens with zero attached hydrogens (tertiary/aromatic N) is 2. The van der Waals surface area contributed by atoms with Gasteiger partial charge in [-0.15, -0.1) is 21.5 Å². The van der Waals surface area contributed by atoms with Crippen molar-refractivity contribution in [3.05, 3.63) is 16.0 Å². The molecule has 10 heteroatoms. The minimum Gasteiger partial charge on any atom is -0.462 e. The first-order valence-electron chi connectivity index (χ1n) is 8.83. The molecule has 0 saturated heterocycles. The number of aryl methyl sites for hydroxylation is 1. The van der Waals surface area contributed by atoms with Gasteiger partial charge in [0.05, 0.1) is 17.9 Å². The number of esters is 1. The van der Waals surface area contributed by atoms with Crippen LogP contribution in [0.1, 0.15) is 47.5 Å². The maximum absolute atomic E-state index is 12.4. The van der Waals surface area contributed by atoms with Gasteiger partial charge in [0.2, 0.25) is 11.0 Å². The Bertz CT molecular complexity index is 830. The van der Waals surface area contributed by atoms with Crippen LogP contribution in [0.4, 0.5) is 10.1 Å². The van der Waals surface area contributed by atoms with Crippen molar-refractivity contribution in [2.24, 2.45) is 0 Å². The summed E-state index contributed by atoms with van der Waals surface area (Å²) in [4.78, 5) is 25.7. The largest absolute Gasteiger partial charge is 0.462 e. The summed E-state index contributed by atoms with van der Waals surface area (Å²) < 4.78 is 5.91. The Morgan fingerprint density at radius 3 is 2.70 bits per heavy atom. The Morgan fingerprint density at radius 2 is 2.04 bits per heavy atom. The molecule has 2 N–H and O–H groups in total. The summed E-state index contributed by atoms with van der Waals surface area (Å²) >= 11 is 4.20. The second-order valence-electron chi connectivity index (χ2n) is 6.04. The zero-order valence-corrected chi connectivity index (χ0v) is 17.9. The van der Waals surface area contributed by atoms with Gasteiger partial charge in [-0.2, -0.15) is 0 Å². The van der Waals surface area contributed by atoms with E-state index >= 15 is 0 Å². The van der Waals surface area contributed by atoms with Crippen molar-refractivity contribution in [2.75, 3.05) is 23.0 Å². The number of hydrogen-bond donors (Lipinski definition) is 2. The lowest BCUT2D eigenvalue weighted by Crippen LogP contribution is -2.16. The van der Waals surface area contributed by atoms with Gasteiger partial charge in [0.25, 0.3) is 0 Å². The normalized spacial score (nSPS) is 13.4. The Kier molecular flexibility index (Phi) is 6.72.